The lowest BCUT2D eigenvalue weighted by atomic mass is 10.1. The topological polar surface area (TPSA) is 74.5 Å². The molecule has 0 radical (unpaired) electrons. The second-order valence-electron chi connectivity index (χ2n) is 5.59. The van der Waals surface area contributed by atoms with Gasteiger partial charge in [-0.15, -0.1) is 0 Å². The molecule has 26 heavy (non-hydrogen) atoms. The Morgan fingerprint density at radius 1 is 1.19 bits per heavy atom. The summed E-state index contributed by atoms with van der Waals surface area (Å²) >= 11 is 5.95. The smallest absolute Gasteiger partial charge is 0.338 e. The van der Waals surface area contributed by atoms with Crippen LogP contribution in [0, 0.1) is 0 Å². The number of hydrogen-bond donors (Lipinski definition) is 0. The second-order valence-corrected chi connectivity index (χ2v) is 6.03. The monoisotopic (exact) mass is 368 g/mol. The number of aromatic nitrogens is 2. The summed E-state index contributed by atoms with van der Waals surface area (Å²) in [6.07, 6.45) is 1.76. The predicted molar refractivity (Wildman–Crippen MR) is 94.5 cm³/mol. The predicted octanol–water partition coefficient (Wildman–Crippen LogP) is 3.91. The fourth-order valence-electron chi connectivity index (χ4n) is 2.51. The van der Waals surface area contributed by atoms with E-state index in [2.05, 4.69) is 10.1 Å². The van der Waals surface area contributed by atoms with Crippen LogP contribution in [0.4, 0.5) is 0 Å². The molecule has 2 heterocycles. The first-order chi connectivity index (χ1) is 12.7. The first kappa shape index (κ1) is 16.4. The van der Waals surface area contributed by atoms with Gasteiger partial charge in [-0.2, -0.15) is 4.98 Å². The van der Waals surface area contributed by atoms with Crippen molar-refractivity contribution in [3.63, 3.8) is 0 Å². The highest BCUT2D eigenvalue weighted by molar-refractivity contribution is 6.30. The Hall–Kier alpha value is -3.12. The van der Waals surface area contributed by atoms with Gasteiger partial charge in [0.15, 0.2) is 6.61 Å². The van der Waals surface area contributed by atoms with Crippen LogP contribution in [0.5, 0.6) is 5.75 Å². The fraction of sp³-hybridized carbons (Fsp3) is 0.105. The van der Waals surface area contributed by atoms with Crippen molar-refractivity contribution in [2.24, 2.45) is 0 Å². The van der Waals surface area contributed by atoms with E-state index in [9.17, 15) is 4.79 Å². The van der Waals surface area contributed by atoms with Crippen LogP contribution in [0.25, 0.3) is 17.5 Å². The van der Waals surface area contributed by atoms with Gasteiger partial charge in [0.25, 0.3) is 5.89 Å². The molecule has 0 saturated carbocycles. The summed E-state index contributed by atoms with van der Waals surface area (Å²) in [6.45, 7) is 0.0405. The summed E-state index contributed by atoms with van der Waals surface area (Å²) in [4.78, 5) is 16.4. The maximum Gasteiger partial charge on any atom is 0.338 e. The Morgan fingerprint density at radius 2 is 2.08 bits per heavy atom. The molecule has 1 aliphatic heterocycles. The Labute approximate surface area is 154 Å². The van der Waals surface area contributed by atoms with Crippen molar-refractivity contribution in [1.29, 1.82) is 0 Å². The summed E-state index contributed by atoms with van der Waals surface area (Å²) in [5, 5.41) is 4.45. The van der Waals surface area contributed by atoms with E-state index in [-0.39, 0.29) is 19.1 Å². The first-order valence-corrected chi connectivity index (χ1v) is 8.25. The van der Waals surface area contributed by atoms with E-state index in [4.69, 9.17) is 25.6 Å². The number of esters is 1. The van der Waals surface area contributed by atoms with Crippen molar-refractivity contribution >= 4 is 23.6 Å². The van der Waals surface area contributed by atoms with Crippen molar-refractivity contribution in [2.45, 2.75) is 6.61 Å². The zero-order valence-electron chi connectivity index (χ0n) is 13.5. The van der Waals surface area contributed by atoms with Gasteiger partial charge in [-0.25, -0.2) is 4.79 Å². The minimum atomic E-state index is -0.484. The van der Waals surface area contributed by atoms with Crippen molar-refractivity contribution in [1.82, 2.24) is 10.1 Å². The summed E-state index contributed by atoms with van der Waals surface area (Å²) in [5.41, 5.74) is 1.99. The molecule has 6 nitrogen and oxygen atoms in total. The molecule has 0 unspecified atom stereocenters. The summed E-state index contributed by atoms with van der Waals surface area (Å²) < 4.78 is 15.9. The molecule has 0 aliphatic carbocycles. The average Bonchev–Trinajstić information content (AvgIpc) is 3.15. The lowest BCUT2D eigenvalue weighted by molar-refractivity contribution is -0.141. The van der Waals surface area contributed by atoms with E-state index in [0.717, 1.165) is 16.9 Å². The molecule has 0 amide bonds. The molecule has 130 valence electrons. The molecule has 0 fully saturated rings. The second kappa shape index (κ2) is 7.01. The lowest BCUT2D eigenvalue weighted by Gasteiger charge is -2.16. The van der Waals surface area contributed by atoms with Crippen LogP contribution in [-0.2, 0) is 16.1 Å². The van der Waals surface area contributed by atoms with Gasteiger partial charge in [0, 0.05) is 16.1 Å². The van der Waals surface area contributed by atoms with Crippen molar-refractivity contribution < 1.29 is 18.8 Å². The minimum absolute atomic E-state index is 0.120. The Balaban J connectivity index is 1.42. The summed E-state index contributed by atoms with van der Waals surface area (Å²) in [7, 11) is 0. The molecule has 4 rings (SSSR count). The number of rotatable bonds is 4. The van der Waals surface area contributed by atoms with Crippen LogP contribution < -0.4 is 4.74 Å². The molecular weight excluding hydrogens is 356 g/mol. The molecule has 0 saturated heterocycles. The fourth-order valence-corrected chi connectivity index (χ4v) is 2.70. The molecular formula is C19H13ClN2O4. The normalized spacial score (nSPS) is 12.7. The number of para-hydroxylation sites is 1. The van der Waals surface area contributed by atoms with Crippen molar-refractivity contribution in [3.8, 4) is 17.1 Å². The van der Waals surface area contributed by atoms with E-state index in [1.807, 2.05) is 30.3 Å². The highest BCUT2D eigenvalue weighted by atomic mass is 35.5. The third-order valence-corrected chi connectivity index (χ3v) is 4.01. The molecule has 0 N–H and O–H groups in total. The van der Waals surface area contributed by atoms with E-state index < -0.39 is 5.97 Å². The summed E-state index contributed by atoms with van der Waals surface area (Å²) in [6, 6.07) is 14.6. The van der Waals surface area contributed by atoms with Crippen LogP contribution in [-0.4, -0.2) is 22.7 Å². The van der Waals surface area contributed by atoms with Gasteiger partial charge in [0.2, 0.25) is 5.82 Å². The molecule has 1 aromatic heterocycles. The standard InChI is InChI=1S/C19H13ClN2O4/c20-15-6-3-5-13(9-15)18-21-17(26-22-18)11-25-19(23)14-8-12-4-1-2-7-16(12)24-10-14/h1-9H,10-11H2. The van der Waals surface area contributed by atoms with Gasteiger partial charge in [0.1, 0.15) is 12.4 Å². The van der Waals surface area contributed by atoms with Crippen molar-refractivity contribution in [2.75, 3.05) is 6.61 Å². The maximum atomic E-state index is 12.2. The van der Waals surface area contributed by atoms with E-state index in [1.165, 1.54) is 0 Å². The number of carbonyl (C=O) groups is 1. The third-order valence-electron chi connectivity index (χ3n) is 3.77. The quantitative estimate of drug-likeness (QED) is 0.650. The van der Waals surface area contributed by atoms with Crippen LogP contribution in [0.2, 0.25) is 5.02 Å². The maximum absolute atomic E-state index is 12.2. The van der Waals surface area contributed by atoms with E-state index in [1.54, 1.807) is 24.3 Å². The van der Waals surface area contributed by atoms with E-state index in [0.29, 0.717) is 16.4 Å². The Bertz CT molecular complexity index is 996. The highest BCUT2D eigenvalue weighted by Gasteiger charge is 2.19. The number of nitrogens with zero attached hydrogens (tertiary/aromatic N) is 2. The zero-order chi connectivity index (χ0) is 17.9. The molecule has 0 atom stereocenters. The van der Waals surface area contributed by atoms with Crippen LogP contribution in [0.15, 0.2) is 58.6 Å². The number of benzene rings is 2. The number of halogens is 1. The van der Waals surface area contributed by atoms with Crippen LogP contribution in [0.3, 0.4) is 0 Å². The lowest BCUT2D eigenvalue weighted by Crippen LogP contribution is -2.17. The van der Waals surface area contributed by atoms with Gasteiger partial charge < -0.3 is 14.0 Å². The summed E-state index contributed by atoms with van der Waals surface area (Å²) in [5.74, 6) is 0.841. The van der Waals surface area contributed by atoms with Gasteiger partial charge in [0.05, 0.1) is 5.57 Å². The Kier molecular flexibility index (Phi) is 4.41. The first-order valence-electron chi connectivity index (χ1n) is 7.87. The Morgan fingerprint density at radius 3 is 2.96 bits per heavy atom. The molecule has 2 aromatic carbocycles. The zero-order valence-corrected chi connectivity index (χ0v) is 14.3. The third kappa shape index (κ3) is 3.45. The average molecular weight is 369 g/mol. The molecule has 1 aliphatic rings. The van der Waals surface area contributed by atoms with E-state index >= 15 is 0 Å². The van der Waals surface area contributed by atoms with Crippen LogP contribution >= 0.6 is 11.6 Å². The molecule has 0 bridgehead atoms. The molecule has 7 heteroatoms. The van der Waals surface area contributed by atoms with Gasteiger partial charge in [-0.05, 0) is 24.3 Å². The number of carbonyl (C=O) groups excluding carboxylic acids is 1. The minimum Gasteiger partial charge on any atom is -0.488 e. The molecule has 0 spiro atoms. The SMILES string of the molecule is O=C(OCc1nc(-c2cccc(Cl)c2)no1)C1=Cc2ccccc2OC1. The van der Waals surface area contributed by atoms with Gasteiger partial charge in [-0.1, -0.05) is 47.1 Å². The van der Waals surface area contributed by atoms with Crippen molar-refractivity contribution in [3.05, 3.63) is 70.6 Å². The largest absolute Gasteiger partial charge is 0.488 e. The number of ether oxygens (including phenoxy) is 2. The highest BCUT2D eigenvalue weighted by Crippen LogP contribution is 2.26. The van der Waals surface area contributed by atoms with Gasteiger partial charge in [-0.3, -0.25) is 0 Å². The van der Waals surface area contributed by atoms with Crippen LogP contribution in [0.1, 0.15) is 11.5 Å². The van der Waals surface area contributed by atoms with Gasteiger partial charge >= 0.3 is 5.97 Å². The number of hydrogen-bond acceptors (Lipinski definition) is 6. The molecule has 3 aromatic rings. The number of fused-ring (bicyclic) bond motifs is 1.